The van der Waals surface area contributed by atoms with E-state index in [1.807, 2.05) is 6.08 Å². The monoisotopic (exact) mass is 272 g/mol. The van der Waals surface area contributed by atoms with E-state index >= 15 is 0 Å². The van der Waals surface area contributed by atoms with E-state index in [0.29, 0.717) is 24.3 Å². The largest absolute Gasteiger partial charge is 0.416 e. The van der Waals surface area contributed by atoms with Gasteiger partial charge in [-0.05, 0) is 29.7 Å². The zero-order valence-corrected chi connectivity index (χ0v) is 10.3. The van der Waals surface area contributed by atoms with E-state index in [9.17, 15) is 13.2 Å². The molecule has 1 heterocycles. The van der Waals surface area contributed by atoms with Gasteiger partial charge in [-0.1, -0.05) is 18.2 Å². The van der Waals surface area contributed by atoms with Crippen LogP contribution in [0.1, 0.15) is 23.1 Å². The summed E-state index contributed by atoms with van der Waals surface area (Å²) < 4.78 is 43.1. The van der Waals surface area contributed by atoms with E-state index in [4.69, 9.17) is 9.84 Å². The molecule has 2 rings (SSSR count). The SMILES string of the molecule is OCc1ccc(C(F)(F)F)cc1/C=C/C1CCOC1. The molecule has 1 aromatic rings. The molecular formula is C14H15F3O2. The Morgan fingerprint density at radius 2 is 2.16 bits per heavy atom. The molecule has 0 aromatic heterocycles. The maximum atomic E-state index is 12.6. The van der Waals surface area contributed by atoms with E-state index in [0.717, 1.165) is 18.6 Å². The average Bonchev–Trinajstić information content (AvgIpc) is 2.88. The second-order valence-corrected chi connectivity index (χ2v) is 4.55. The highest BCUT2D eigenvalue weighted by atomic mass is 19.4. The topological polar surface area (TPSA) is 29.5 Å². The molecular weight excluding hydrogens is 257 g/mol. The van der Waals surface area contributed by atoms with Gasteiger partial charge in [0.15, 0.2) is 0 Å². The molecule has 104 valence electrons. The number of aliphatic hydroxyl groups is 1. The summed E-state index contributed by atoms with van der Waals surface area (Å²) in [6.07, 6.45) is -0.00124. The van der Waals surface area contributed by atoms with Crippen molar-refractivity contribution >= 4 is 6.08 Å². The molecule has 1 atom stereocenters. The van der Waals surface area contributed by atoms with Crippen LogP contribution in [0.15, 0.2) is 24.3 Å². The van der Waals surface area contributed by atoms with Gasteiger partial charge < -0.3 is 9.84 Å². The minimum absolute atomic E-state index is 0.237. The molecule has 0 radical (unpaired) electrons. The summed E-state index contributed by atoms with van der Waals surface area (Å²) in [6.45, 7) is 1.01. The number of ether oxygens (including phenoxy) is 1. The van der Waals surface area contributed by atoms with Crippen molar-refractivity contribution in [3.63, 3.8) is 0 Å². The van der Waals surface area contributed by atoms with Gasteiger partial charge in [-0.2, -0.15) is 13.2 Å². The molecule has 19 heavy (non-hydrogen) atoms. The Morgan fingerprint density at radius 3 is 2.74 bits per heavy atom. The lowest BCUT2D eigenvalue weighted by molar-refractivity contribution is -0.137. The van der Waals surface area contributed by atoms with Crippen molar-refractivity contribution < 1.29 is 23.0 Å². The zero-order chi connectivity index (χ0) is 13.9. The Bertz CT molecular complexity index is 460. The van der Waals surface area contributed by atoms with Crippen LogP contribution in [0, 0.1) is 5.92 Å². The van der Waals surface area contributed by atoms with Crippen LogP contribution in [-0.4, -0.2) is 18.3 Å². The first kappa shape index (κ1) is 14.1. The highest BCUT2D eigenvalue weighted by Gasteiger charge is 2.30. The van der Waals surface area contributed by atoms with Crippen molar-refractivity contribution in [1.29, 1.82) is 0 Å². The van der Waals surface area contributed by atoms with Crippen molar-refractivity contribution in [3.05, 3.63) is 41.0 Å². The Balaban J connectivity index is 2.25. The van der Waals surface area contributed by atoms with Gasteiger partial charge in [-0.15, -0.1) is 0 Å². The van der Waals surface area contributed by atoms with Crippen LogP contribution in [0.4, 0.5) is 13.2 Å². The average molecular weight is 272 g/mol. The van der Waals surface area contributed by atoms with Crippen LogP contribution in [-0.2, 0) is 17.5 Å². The lowest BCUT2D eigenvalue weighted by Gasteiger charge is -2.10. The fourth-order valence-corrected chi connectivity index (χ4v) is 2.01. The smallest absolute Gasteiger partial charge is 0.392 e. The van der Waals surface area contributed by atoms with Crippen LogP contribution >= 0.6 is 0 Å². The van der Waals surface area contributed by atoms with Crippen molar-refractivity contribution in [1.82, 2.24) is 0 Å². The first-order valence-electron chi connectivity index (χ1n) is 6.07. The second-order valence-electron chi connectivity index (χ2n) is 4.55. The number of aliphatic hydroxyl groups excluding tert-OH is 1. The Hall–Kier alpha value is -1.33. The standard InChI is InChI=1S/C14H15F3O2/c15-14(16,17)13-4-3-12(8-18)11(7-13)2-1-10-5-6-19-9-10/h1-4,7,10,18H,5-6,8-9H2/b2-1+. The van der Waals surface area contributed by atoms with Gasteiger partial charge in [0.25, 0.3) is 0 Å². The van der Waals surface area contributed by atoms with Gasteiger partial charge in [0.05, 0.1) is 18.8 Å². The fraction of sp³-hybridized carbons (Fsp3) is 0.429. The molecule has 0 saturated carbocycles. The third kappa shape index (κ3) is 3.58. The van der Waals surface area contributed by atoms with Gasteiger partial charge in [-0.25, -0.2) is 0 Å². The predicted molar refractivity (Wildman–Crippen MR) is 65.3 cm³/mol. The molecule has 1 fully saturated rings. The molecule has 1 N–H and O–H groups in total. The molecule has 1 aromatic carbocycles. The van der Waals surface area contributed by atoms with Gasteiger partial charge >= 0.3 is 6.18 Å². The van der Waals surface area contributed by atoms with Crippen LogP contribution in [0.5, 0.6) is 0 Å². The van der Waals surface area contributed by atoms with E-state index in [2.05, 4.69) is 0 Å². The minimum Gasteiger partial charge on any atom is -0.392 e. The number of rotatable bonds is 3. The van der Waals surface area contributed by atoms with Gasteiger partial charge in [0.2, 0.25) is 0 Å². The summed E-state index contributed by atoms with van der Waals surface area (Å²) in [4.78, 5) is 0. The fourth-order valence-electron chi connectivity index (χ4n) is 2.01. The highest BCUT2D eigenvalue weighted by Crippen LogP contribution is 2.31. The number of alkyl halides is 3. The summed E-state index contributed by atoms with van der Waals surface area (Å²) in [5.74, 6) is 0.237. The van der Waals surface area contributed by atoms with E-state index in [-0.39, 0.29) is 12.5 Å². The van der Waals surface area contributed by atoms with Crippen LogP contribution in [0.25, 0.3) is 6.08 Å². The zero-order valence-electron chi connectivity index (χ0n) is 10.3. The first-order chi connectivity index (χ1) is 9.00. The molecule has 0 aliphatic carbocycles. The number of halogens is 3. The molecule has 0 spiro atoms. The second kappa shape index (κ2) is 5.75. The summed E-state index contributed by atoms with van der Waals surface area (Å²) in [5.41, 5.74) is 0.194. The third-order valence-corrected chi connectivity index (χ3v) is 3.16. The van der Waals surface area contributed by atoms with E-state index in [1.54, 1.807) is 6.08 Å². The Kier molecular flexibility index (Phi) is 4.27. The first-order valence-corrected chi connectivity index (χ1v) is 6.07. The van der Waals surface area contributed by atoms with E-state index < -0.39 is 11.7 Å². The molecule has 0 amide bonds. The quantitative estimate of drug-likeness (QED) is 0.915. The van der Waals surface area contributed by atoms with Crippen LogP contribution in [0.2, 0.25) is 0 Å². The highest BCUT2D eigenvalue weighted by molar-refractivity contribution is 5.55. The molecule has 2 nitrogen and oxygen atoms in total. The number of hydrogen-bond donors (Lipinski definition) is 1. The molecule has 1 unspecified atom stereocenters. The van der Waals surface area contributed by atoms with Gasteiger partial charge in [0.1, 0.15) is 0 Å². The third-order valence-electron chi connectivity index (χ3n) is 3.16. The number of benzene rings is 1. The summed E-state index contributed by atoms with van der Waals surface area (Å²) >= 11 is 0. The molecule has 5 heteroatoms. The number of hydrogen-bond acceptors (Lipinski definition) is 2. The lowest BCUT2D eigenvalue weighted by atomic mass is 10.0. The van der Waals surface area contributed by atoms with Crippen molar-refractivity contribution in [2.24, 2.45) is 5.92 Å². The van der Waals surface area contributed by atoms with Gasteiger partial charge in [-0.3, -0.25) is 0 Å². The van der Waals surface area contributed by atoms with Gasteiger partial charge in [0, 0.05) is 12.5 Å². The minimum atomic E-state index is -4.37. The normalized spacial score (nSPS) is 20.3. The Morgan fingerprint density at radius 1 is 1.37 bits per heavy atom. The van der Waals surface area contributed by atoms with Crippen molar-refractivity contribution in [2.75, 3.05) is 13.2 Å². The summed E-state index contributed by atoms with van der Waals surface area (Å²) in [7, 11) is 0. The maximum absolute atomic E-state index is 12.6. The maximum Gasteiger partial charge on any atom is 0.416 e. The predicted octanol–water partition coefficient (Wildman–Crippen LogP) is 3.25. The van der Waals surface area contributed by atoms with Crippen LogP contribution < -0.4 is 0 Å². The van der Waals surface area contributed by atoms with E-state index in [1.165, 1.54) is 6.07 Å². The van der Waals surface area contributed by atoms with Crippen molar-refractivity contribution in [2.45, 2.75) is 19.2 Å². The van der Waals surface area contributed by atoms with Crippen molar-refractivity contribution in [3.8, 4) is 0 Å². The van der Waals surface area contributed by atoms with Crippen LogP contribution in [0.3, 0.4) is 0 Å². The summed E-state index contributed by atoms with van der Waals surface area (Å²) in [5, 5.41) is 9.16. The molecule has 0 bridgehead atoms. The molecule has 1 saturated heterocycles. The Labute approximate surface area is 109 Å². The molecule has 1 aliphatic rings. The lowest BCUT2D eigenvalue weighted by Crippen LogP contribution is -2.06. The molecule has 1 aliphatic heterocycles. The summed E-state index contributed by atoms with van der Waals surface area (Å²) in [6, 6.07) is 3.37.